The Balaban J connectivity index is 2.30. The normalized spacial score (nSPS) is 12.6. The van der Waals surface area contributed by atoms with Gasteiger partial charge in [0, 0.05) is 24.8 Å². The minimum atomic E-state index is -0.362. The summed E-state index contributed by atoms with van der Waals surface area (Å²) in [4.78, 5) is 10.4. The van der Waals surface area contributed by atoms with Crippen molar-refractivity contribution >= 4 is 5.69 Å². The second-order valence-electron chi connectivity index (χ2n) is 5.15. The van der Waals surface area contributed by atoms with Crippen molar-refractivity contribution in [1.29, 1.82) is 0 Å². The number of nitro benzene ring substituents is 1. The molecule has 1 N–H and O–H groups in total. The molecule has 0 saturated carbocycles. The molecule has 0 spiro atoms. The fourth-order valence-corrected chi connectivity index (χ4v) is 1.89. The van der Waals surface area contributed by atoms with Gasteiger partial charge >= 0.3 is 0 Å². The number of ether oxygens (including phenoxy) is 1. The number of nitrogens with zero attached hydrogens (tertiary/aromatic N) is 1. The fraction of sp³-hybridized carbons (Fsp3) is 0.600. The zero-order valence-electron chi connectivity index (χ0n) is 12.5. The van der Waals surface area contributed by atoms with Crippen LogP contribution in [-0.2, 0) is 4.74 Å². The summed E-state index contributed by atoms with van der Waals surface area (Å²) in [5.41, 5.74) is 1.08. The van der Waals surface area contributed by atoms with Crippen LogP contribution in [0.25, 0.3) is 0 Å². The first-order chi connectivity index (χ1) is 9.50. The van der Waals surface area contributed by atoms with Gasteiger partial charge in [-0.2, -0.15) is 0 Å². The first-order valence-corrected chi connectivity index (χ1v) is 7.10. The Morgan fingerprint density at radius 2 is 2.05 bits per heavy atom. The molecule has 5 nitrogen and oxygen atoms in total. The zero-order valence-corrected chi connectivity index (χ0v) is 12.5. The third-order valence-corrected chi connectivity index (χ3v) is 3.05. The van der Waals surface area contributed by atoms with E-state index in [4.69, 9.17) is 4.74 Å². The summed E-state index contributed by atoms with van der Waals surface area (Å²) < 4.78 is 5.47. The van der Waals surface area contributed by atoms with Crippen LogP contribution in [0.5, 0.6) is 0 Å². The van der Waals surface area contributed by atoms with E-state index in [-0.39, 0.29) is 22.8 Å². The summed E-state index contributed by atoms with van der Waals surface area (Å²) in [6, 6.07) is 6.88. The van der Waals surface area contributed by atoms with E-state index in [9.17, 15) is 10.1 Å². The molecule has 20 heavy (non-hydrogen) atoms. The molecule has 0 fully saturated rings. The largest absolute Gasteiger partial charge is 0.379 e. The second kappa shape index (κ2) is 8.66. The molecule has 0 aliphatic heterocycles. The molecule has 1 aromatic carbocycles. The minimum Gasteiger partial charge on any atom is -0.379 e. The maximum atomic E-state index is 10.7. The summed E-state index contributed by atoms with van der Waals surface area (Å²) in [6.45, 7) is 7.74. The van der Waals surface area contributed by atoms with Gasteiger partial charge in [-0.15, -0.1) is 0 Å². The highest BCUT2D eigenvalue weighted by Gasteiger charge is 2.10. The van der Waals surface area contributed by atoms with E-state index in [1.165, 1.54) is 6.07 Å². The highest BCUT2D eigenvalue weighted by molar-refractivity contribution is 5.35. The van der Waals surface area contributed by atoms with Gasteiger partial charge in [0.05, 0.1) is 11.0 Å². The van der Waals surface area contributed by atoms with Crippen molar-refractivity contribution in [2.75, 3.05) is 13.2 Å². The van der Waals surface area contributed by atoms with Crippen LogP contribution in [0.2, 0.25) is 0 Å². The van der Waals surface area contributed by atoms with Crippen LogP contribution in [0.15, 0.2) is 24.3 Å². The van der Waals surface area contributed by atoms with Gasteiger partial charge in [-0.05, 0) is 45.7 Å². The van der Waals surface area contributed by atoms with Gasteiger partial charge in [0.15, 0.2) is 0 Å². The molecule has 1 aromatic rings. The van der Waals surface area contributed by atoms with E-state index in [0.717, 1.165) is 31.6 Å². The third kappa shape index (κ3) is 6.12. The molecule has 5 heteroatoms. The zero-order chi connectivity index (χ0) is 15.0. The number of nitro groups is 1. The third-order valence-electron chi connectivity index (χ3n) is 3.05. The Morgan fingerprint density at radius 1 is 1.30 bits per heavy atom. The summed E-state index contributed by atoms with van der Waals surface area (Å²) >= 11 is 0. The Hall–Kier alpha value is -1.46. The first kappa shape index (κ1) is 16.6. The van der Waals surface area contributed by atoms with Gasteiger partial charge < -0.3 is 10.1 Å². The number of unbranched alkanes of at least 4 members (excludes halogenated alkanes) is 1. The predicted octanol–water partition coefficient (Wildman–Crippen LogP) is 3.45. The smallest absolute Gasteiger partial charge is 0.269 e. The SMILES string of the molecule is CC(C)OCCCCNC(C)c1cccc([N+](=O)[O-])c1. The maximum absolute atomic E-state index is 10.7. The van der Waals surface area contributed by atoms with Gasteiger partial charge in [0.1, 0.15) is 0 Å². The van der Waals surface area contributed by atoms with Crippen LogP contribution in [0.1, 0.15) is 45.2 Å². The van der Waals surface area contributed by atoms with Crippen LogP contribution in [-0.4, -0.2) is 24.2 Å². The Labute approximate surface area is 120 Å². The quantitative estimate of drug-likeness (QED) is 0.427. The maximum Gasteiger partial charge on any atom is 0.269 e. The Kier molecular flexibility index (Phi) is 7.18. The number of hydrogen-bond acceptors (Lipinski definition) is 4. The lowest BCUT2D eigenvalue weighted by Gasteiger charge is -2.14. The number of hydrogen-bond donors (Lipinski definition) is 1. The van der Waals surface area contributed by atoms with Crippen molar-refractivity contribution < 1.29 is 9.66 Å². The van der Waals surface area contributed by atoms with Crippen LogP contribution in [0, 0.1) is 10.1 Å². The van der Waals surface area contributed by atoms with E-state index in [1.54, 1.807) is 12.1 Å². The van der Waals surface area contributed by atoms with E-state index < -0.39 is 0 Å². The van der Waals surface area contributed by atoms with E-state index in [2.05, 4.69) is 5.32 Å². The molecule has 0 aliphatic rings. The van der Waals surface area contributed by atoms with E-state index >= 15 is 0 Å². The molecule has 0 aliphatic carbocycles. The van der Waals surface area contributed by atoms with Crippen LogP contribution >= 0.6 is 0 Å². The van der Waals surface area contributed by atoms with Crippen molar-refractivity contribution in [2.24, 2.45) is 0 Å². The Morgan fingerprint density at radius 3 is 2.70 bits per heavy atom. The van der Waals surface area contributed by atoms with Crippen molar-refractivity contribution in [2.45, 2.75) is 45.8 Å². The van der Waals surface area contributed by atoms with Crippen molar-refractivity contribution in [3.8, 4) is 0 Å². The van der Waals surface area contributed by atoms with Gasteiger partial charge in [-0.1, -0.05) is 12.1 Å². The molecule has 0 bridgehead atoms. The summed E-state index contributed by atoms with van der Waals surface area (Å²) in [5, 5.41) is 14.1. The number of nitrogens with one attached hydrogen (secondary N) is 1. The average Bonchev–Trinajstić information content (AvgIpc) is 2.42. The monoisotopic (exact) mass is 280 g/mol. The minimum absolute atomic E-state index is 0.112. The molecule has 0 radical (unpaired) electrons. The second-order valence-corrected chi connectivity index (χ2v) is 5.15. The lowest BCUT2D eigenvalue weighted by molar-refractivity contribution is -0.384. The highest BCUT2D eigenvalue weighted by Crippen LogP contribution is 2.18. The topological polar surface area (TPSA) is 64.4 Å². The van der Waals surface area contributed by atoms with Gasteiger partial charge in [-0.3, -0.25) is 10.1 Å². The summed E-state index contributed by atoms with van der Waals surface area (Å²) in [5.74, 6) is 0. The lowest BCUT2D eigenvalue weighted by Crippen LogP contribution is -2.20. The van der Waals surface area contributed by atoms with Crippen LogP contribution in [0.4, 0.5) is 5.69 Å². The molecule has 0 aromatic heterocycles. The summed E-state index contributed by atoms with van der Waals surface area (Å²) in [6.07, 6.45) is 2.34. The molecule has 112 valence electrons. The predicted molar refractivity (Wildman–Crippen MR) is 79.8 cm³/mol. The molecular weight excluding hydrogens is 256 g/mol. The van der Waals surface area contributed by atoms with E-state index in [0.29, 0.717) is 0 Å². The molecule has 0 saturated heterocycles. The number of rotatable bonds is 9. The van der Waals surface area contributed by atoms with Crippen molar-refractivity contribution in [1.82, 2.24) is 5.32 Å². The number of benzene rings is 1. The molecule has 1 rings (SSSR count). The standard InChI is InChI=1S/C15H24N2O3/c1-12(2)20-10-5-4-9-16-13(3)14-7-6-8-15(11-14)17(18)19/h6-8,11-13,16H,4-5,9-10H2,1-3H3. The van der Waals surface area contributed by atoms with Gasteiger partial charge in [-0.25, -0.2) is 0 Å². The van der Waals surface area contributed by atoms with Gasteiger partial charge in [0.25, 0.3) is 5.69 Å². The van der Waals surface area contributed by atoms with E-state index in [1.807, 2.05) is 26.8 Å². The fourth-order valence-electron chi connectivity index (χ4n) is 1.89. The van der Waals surface area contributed by atoms with Gasteiger partial charge in [0.2, 0.25) is 0 Å². The van der Waals surface area contributed by atoms with Crippen molar-refractivity contribution in [3.63, 3.8) is 0 Å². The molecule has 0 heterocycles. The molecule has 1 unspecified atom stereocenters. The van der Waals surface area contributed by atoms with Crippen LogP contribution < -0.4 is 5.32 Å². The molecule has 0 amide bonds. The highest BCUT2D eigenvalue weighted by atomic mass is 16.6. The lowest BCUT2D eigenvalue weighted by atomic mass is 10.1. The first-order valence-electron chi connectivity index (χ1n) is 7.10. The molecular formula is C15H24N2O3. The molecule has 1 atom stereocenters. The summed E-state index contributed by atoms with van der Waals surface area (Å²) in [7, 11) is 0. The van der Waals surface area contributed by atoms with Crippen LogP contribution in [0.3, 0.4) is 0 Å². The van der Waals surface area contributed by atoms with Crippen molar-refractivity contribution in [3.05, 3.63) is 39.9 Å². The Bertz CT molecular complexity index is 421. The average molecular weight is 280 g/mol. The number of non-ortho nitro benzene ring substituents is 1.